The van der Waals surface area contributed by atoms with Crippen molar-refractivity contribution in [3.05, 3.63) is 48.0 Å². The molecule has 0 radical (unpaired) electrons. The fourth-order valence-electron chi connectivity index (χ4n) is 3.23. The predicted molar refractivity (Wildman–Crippen MR) is 84.1 cm³/mol. The second-order valence-corrected chi connectivity index (χ2v) is 5.38. The number of para-hydroxylation sites is 1. The van der Waals surface area contributed by atoms with E-state index in [-0.39, 0.29) is 6.79 Å². The molecule has 0 bridgehead atoms. The molecule has 5 rings (SSSR count). The summed E-state index contributed by atoms with van der Waals surface area (Å²) in [6, 6.07) is 16.2. The summed E-state index contributed by atoms with van der Waals surface area (Å²) < 4.78 is 10.9. The fraction of sp³-hybridized carbons (Fsp3) is 0.0556. The SMILES string of the molecule is N#Cc1cc2cc3c(cc2c2[nH]c4ccccc4c12)OCO3. The maximum Gasteiger partial charge on any atom is 0.231 e. The minimum atomic E-state index is 0.243. The highest BCUT2D eigenvalue weighted by atomic mass is 16.7. The molecule has 4 aromatic rings. The molecule has 0 saturated carbocycles. The Morgan fingerprint density at radius 2 is 1.82 bits per heavy atom. The monoisotopic (exact) mass is 286 g/mol. The van der Waals surface area contributed by atoms with E-state index in [9.17, 15) is 5.26 Å². The molecular weight excluding hydrogens is 276 g/mol. The van der Waals surface area contributed by atoms with Crippen molar-refractivity contribution in [1.82, 2.24) is 4.98 Å². The molecule has 2 heterocycles. The van der Waals surface area contributed by atoms with Crippen molar-refractivity contribution < 1.29 is 9.47 Å². The summed E-state index contributed by atoms with van der Waals surface area (Å²) in [6.07, 6.45) is 0. The van der Waals surface area contributed by atoms with Gasteiger partial charge in [-0.2, -0.15) is 5.26 Å². The first-order valence-corrected chi connectivity index (χ1v) is 7.02. The standard InChI is InChI=1S/C18H10N2O2/c19-8-11-5-10-6-15-16(22-9-21-15)7-13(10)18-17(11)12-3-1-2-4-14(12)20-18/h1-7,20H,9H2. The van der Waals surface area contributed by atoms with Gasteiger partial charge in [0.15, 0.2) is 11.5 Å². The Kier molecular flexibility index (Phi) is 2.05. The zero-order valence-electron chi connectivity index (χ0n) is 11.5. The van der Waals surface area contributed by atoms with Gasteiger partial charge in [-0.15, -0.1) is 0 Å². The van der Waals surface area contributed by atoms with Gasteiger partial charge in [-0.1, -0.05) is 18.2 Å². The molecule has 4 heteroatoms. The minimum absolute atomic E-state index is 0.243. The van der Waals surface area contributed by atoms with Crippen LogP contribution in [0.1, 0.15) is 5.56 Å². The summed E-state index contributed by atoms with van der Waals surface area (Å²) in [4.78, 5) is 3.44. The van der Waals surface area contributed by atoms with Crippen molar-refractivity contribution in [2.24, 2.45) is 0 Å². The second kappa shape index (κ2) is 3.92. The Morgan fingerprint density at radius 1 is 1.00 bits per heavy atom. The summed E-state index contributed by atoms with van der Waals surface area (Å²) in [6.45, 7) is 0.243. The van der Waals surface area contributed by atoms with Crippen LogP contribution in [0.3, 0.4) is 0 Å². The van der Waals surface area contributed by atoms with Gasteiger partial charge in [0, 0.05) is 21.7 Å². The molecule has 1 aliphatic rings. The molecule has 0 fully saturated rings. The van der Waals surface area contributed by atoms with Crippen LogP contribution in [0.15, 0.2) is 42.5 Å². The number of rotatable bonds is 0. The van der Waals surface area contributed by atoms with Crippen LogP contribution in [0.4, 0.5) is 0 Å². The summed E-state index contributed by atoms with van der Waals surface area (Å²) in [7, 11) is 0. The maximum atomic E-state index is 9.55. The van der Waals surface area contributed by atoms with Gasteiger partial charge in [0.1, 0.15) is 0 Å². The minimum Gasteiger partial charge on any atom is -0.454 e. The predicted octanol–water partition coefficient (Wildman–Crippen LogP) is 4.07. The number of nitriles is 1. The van der Waals surface area contributed by atoms with E-state index in [2.05, 4.69) is 11.1 Å². The van der Waals surface area contributed by atoms with Crippen LogP contribution in [0.5, 0.6) is 11.5 Å². The van der Waals surface area contributed by atoms with Gasteiger partial charge in [0.05, 0.1) is 17.1 Å². The van der Waals surface area contributed by atoms with E-state index in [1.165, 1.54) is 0 Å². The maximum absolute atomic E-state index is 9.55. The Balaban J connectivity index is 2.05. The summed E-state index contributed by atoms with van der Waals surface area (Å²) in [5.74, 6) is 1.48. The van der Waals surface area contributed by atoms with E-state index in [0.29, 0.717) is 5.56 Å². The van der Waals surface area contributed by atoms with Crippen molar-refractivity contribution in [1.29, 1.82) is 5.26 Å². The van der Waals surface area contributed by atoms with Gasteiger partial charge >= 0.3 is 0 Å². The molecule has 0 aliphatic carbocycles. The van der Waals surface area contributed by atoms with Crippen molar-refractivity contribution in [2.75, 3.05) is 6.79 Å². The first kappa shape index (κ1) is 11.5. The van der Waals surface area contributed by atoms with E-state index in [1.807, 2.05) is 42.5 Å². The number of fused-ring (bicyclic) bond motifs is 6. The van der Waals surface area contributed by atoms with E-state index in [4.69, 9.17) is 9.47 Å². The molecule has 1 aliphatic heterocycles. The molecule has 0 saturated heterocycles. The summed E-state index contributed by atoms with van der Waals surface area (Å²) in [5, 5.41) is 13.6. The van der Waals surface area contributed by atoms with E-state index < -0.39 is 0 Å². The van der Waals surface area contributed by atoms with Crippen molar-refractivity contribution >= 4 is 32.6 Å². The molecule has 0 atom stereocenters. The van der Waals surface area contributed by atoms with Gasteiger partial charge in [-0.25, -0.2) is 0 Å². The second-order valence-electron chi connectivity index (χ2n) is 5.38. The average molecular weight is 286 g/mol. The highest BCUT2D eigenvalue weighted by molar-refractivity contribution is 6.19. The molecule has 0 spiro atoms. The van der Waals surface area contributed by atoms with Crippen molar-refractivity contribution in [3.63, 3.8) is 0 Å². The summed E-state index contributed by atoms with van der Waals surface area (Å²) in [5.41, 5.74) is 2.66. The number of nitrogens with one attached hydrogen (secondary N) is 1. The number of benzene rings is 3. The third kappa shape index (κ3) is 1.35. The molecule has 0 amide bonds. The molecule has 1 aromatic heterocycles. The van der Waals surface area contributed by atoms with Crippen LogP contribution in [0, 0.1) is 11.3 Å². The van der Waals surface area contributed by atoms with Gasteiger partial charge in [0.25, 0.3) is 0 Å². The number of H-pyrrole nitrogens is 1. The average Bonchev–Trinajstić information content (AvgIpc) is 3.16. The fourth-order valence-corrected chi connectivity index (χ4v) is 3.23. The topological polar surface area (TPSA) is 58.0 Å². The Bertz CT molecular complexity index is 1120. The molecule has 22 heavy (non-hydrogen) atoms. The molecule has 104 valence electrons. The first-order valence-electron chi connectivity index (χ1n) is 7.02. The zero-order chi connectivity index (χ0) is 14.7. The third-order valence-corrected chi connectivity index (χ3v) is 4.21. The normalized spacial score (nSPS) is 13.0. The lowest BCUT2D eigenvalue weighted by atomic mass is 10.0. The quantitative estimate of drug-likeness (QED) is 0.530. The lowest BCUT2D eigenvalue weighted by Crippen LogP contribution is -1.92. The molecule has 1 N–H and O–H groups in total. The van der Waals surface area contributed by atoms with Gasteiger partial charge in [-0.3, -0.25) is 0 Å². The number of aromatic amines is 1. The molecule has 3 aromatic carbocycles. The van der Waals surface area contributed by atoms with Crippen molar-refractivity contribution in [2.45, 2.75) is 0 Å². The zero-order valence-corrected chi connectivity index (χ0v) is 11.5. The molecule has 0 unspecified atom stereocenters. The Labute approximate surface area is 125 Å². The number of ether oxygens (including phenoxy) is 2. The van der Waals surface area contributed by atoms with Crippen molar-refractivity contribution in [3.8, 4) is 17.6 Å². The highest BCUT2D eigenvalue weighted by Crippen LogP contribution is 2.41. The van der Waals surface area contributed by atoms with Crippen LogP contribution in [-0.2, 0) is 0 Å². The number of hydrogen-bond donors (Lipinski definition) is 1. The first-order chi connectivity index (χ1) is 10.8. The number of hydrogen-bond acceptors (Lipinski definition) is 3. The van der Waals surface area contributed by atoms with Gasteiger partial charge in [-0.05, 0) is 29.7 Å². The van der Waals surface area contributed by atoms with Gasteiger partial charge in [0.2, 0.25) is 6.79 Å². The largest absolute Gasteiger partial charge is 0.454 e. The Hall–Kier alpha value is -3.19. The van der Waals surface area contributed by atoms with Crippen LogP contribution < -0.4 is 9.47 Å². The van der Waals surface area contributed by atoms with Crippen LogP contribution in [-0.4, -0.2) is 11.8 Å². The molecule has 4 nitrogen and oxygen atoms in total. The third-order valence-electron chi connectivity index (χ3n) is 4.21. The number of aromatic nitrogens is 1. The van der Waals surface area contributed by atoms with E-state index >= 15 is 0 Å². The lowest BCUT2D eigenvalue weighted by Gasteiger charge is -2.04. The van der Waals surface area contributed by atoms with Crippen LogP contribution in [0.2, 0.25) is 0 Å². The summed E-state index contributed by atoms with van der Waals surface area (Å²) >= 11 is 0. The Morgan fingerprint density at radius 3 is 2.68 bits per heavy atom. The highest BCUT2D eigenvalue weighted by Gasteiger charge is 2.18. The van der Waals surface area contributed by atoms with Crippen LogP contribution in [0.25, 0.3) is 32.6 Å². The van der Waals surface area contributed by atoms with E-state index in [0.717, 1.165) is 44.1 Å². The molecular formula is C18H10N2O2. The van der Waals surface area contributed by atoms with Gasteiger partial charge < -0.3 is 14.5 Å². The van der Waals surface area contributed by atoms with E-state index in [1.54, 1.807) is 0 Å². The lowest BCUT2D eigenvalue weighted by molar-refractivity contribution is 0.174. The number of nitrogens with zero attached hydrogens (tertiary/aromatic N) is 1. The van der Waals surface area contributed by atoms with Crippen LogP contribution >= 0.6 is 0 Å². The smallest absolute Gasteiger partial charge is 0.231 e.